The maximum absolute atomic E-state index is 14.0. The van der Waals surface area contributed by atoms with Gasteiger partial charge in [0.1, 0.15) is 5.75 Å². The quantitative estimate of drug-likeness (QED) is 0.701. The summed E-state index contributed by atoms with van der Waals surface area (Å²) in [6.07, 6.45) is 0. The molecule has 0 aliphatic rings. The van der Waals surface area contributed by atoms with E-state index < -0.39 is 5.82 Å². The van der Waals surface area contributed by atoms with Crippen molar-refractivity contribution in [2.24, 2.45) is 0 Å². The zero-order valence-corrected chi connectivity index (χ0v) is 13.5. The van der Waals surface area contributed by atoms with Crippen LogP contribution < -0.4 is 10.1 Å². The van der Waals surface area contributed by atoms with Gasteiger partial charge in [-0.25, -0.2) is 4.39 Å². The van der Waals surface area contributed by atoms with E-state index >= 15 is 0 Å². The summed E-state index contributed by atoms with van der Waals surface area (Å²) >= 11 is 17.7. The number of nitrogens with one attached hydrogen (secondary N) is 1. The van der Waals surface area contributed by atoms with Crippen LogP contribution >= 0.6 is 34.8 Å². The molecule has 0 heterocycles. The molecular formula is C15H13Cl3FNO. The first kappa shape index (κ1) is 16.4. The van der Waals surface area contributed by atoms with E-state index in [1.165, 1.54) is 18.2 Å². The molecule has 0 spiro atoms. The Bertz CT molecular complexity index is 649. The molecule has 0 amide bonds. The summed E-state index contributed by atoms with van der Waals surface area (Å²) in [6.45, 7) is 3.40. The highest BCUT2D eigenvalue weighted by Gasteiger charge is 2.11. The maximum atomic E-state index is 14.0. The third kappa shape index (κ3) is 4.24. The first-order valence-corrected chi connectivity index (χ1v) is 7.46. The second-order valence-corrected chi connectivity index (χ2v) is 5.57. The van der Waals surface area contributed by atoms with Gasteiger partial charge in [0.2, 0.25) is 0 Å². The molecule has 0 saturated carbocycles. The Kier molecular flexibility index (Phi) is 5.71. The smallest absolute Gasteiger partial charge is 0.166 e. The summed E-state index contributed by atoms with van der Waals surface area (Å²) in [5.74, 6) is -0.132. The highest BCUT2D eigenvalue weighted by atomic mass is 35.5. The summed E-state index contributed by atoms with van der Waals surface area (Å²) in [6, 6.07) is 7.67. The molecule has 112 valence electrons. The highest BCUT2D eigenvalue weighted by molar-refractivity contribution is 6.43. The van der Waals surface area contributed by atoms with Gasteiger partial charge >= 0.3 is 0 Å². The Labute approximate surface area is 137 Å². The molecule has 0 aromatic heterocycles. The van der Waals surface area contributed by atoms with E-state index in [9.17, 15) is 4.39 Å². The molecule has 2 nitrogen and oxygen atoms in total. The Morgan fingerprint density at radius 2 is 1.71 bits per heavy atom. The highest BCUT2D eigenvalue weighted by Crippen LogP contribution is 2.37. The number of benzene rings is 2. The summed E-state index contributed by atoms with van der Waals surface area (Å²) in [7, 11) is 0. The Morgan fingerprint density at radius 1 is 1.00 bits per heavy atom. The monoisotopic (exact) mass is 347 g/mol. The SMILES string of the molecule is CCNCc1ccc(Oc2cc(Cl)c(Cl)cc2Cl)c(F)c1. The van der Waals surface area contributed by atoms with Crippen LogP contribution in [0.5, 0.6) is 11.5 Å². The molecule has 2 rings (SSSR count). The zero-order chi connectivity index (χ0) is 15.4. The van der Waals surface area contributed by atoms with Crippen LogP contribution in [0.4, 0.5) is 4.39 Å². The Balaban J connectivity index is 2.22. The van der Waals surface area contributed by atoms with E-state index in [1.807, 2.05) is 6.92 Å². The van der Waals surface area contributed by atoms with Crippen LogP contribution in [-0.4, -0.2) is 6.54 Å². The minimum atomic E-state index is -0.465. The van der Waals surface area contributed by atoms with Gasteiger partial charge in [0.15, 0.2) is 11.6 Å². The molecule has 6 heteroatoms. The van der Waals surface area contributed by atoms with Gasteiger partial charge in [-0.3, -0.25) is 0 Å². The summed E-state index contributed by atoms with van der Waals surface area (Å²) in [5.41, 5.74) is 0.835. The van der Waals surface area contributed by atoms with Crippen molar-refractivity contribution in [1.82, 2.24) is 5.32 Å². The minimum absolute atomic E-state index is 0.0792. The molecule has 2 aromatic carbocycles. The maximum Gasteiger partial charge on any atom is 0.166 e. The van der Waals surface area contributed by atoms with Crippen molar-refractivity contribution in [2.45, 2.75) is 13.5 Å². The summed E-state index contributed by atoms with van der Waals surface area (Å²) < 4.78 is 19.5. The fourth-order valence-corrected chi connectivity index (χ4v) is 2.28. The zero-order valence-electron chi connectivity index (χ0n) is 11.2. The molecule has 0 saturated heterocycles. The van der Waals surface area contributed by atoms with Crippen molar-refractivity contribution in [1.29, 1.82) is 0 Å². The Hall–Kier alpha value is -1.000. The van der Waals surface area contributed by atoms with E-state index in [1.54, 1.807) is 12.1 Å². The van der Waals surface area contributed by atoms with Crippen LogP contribution in [0.15, 0.2) is 30.3 Å². The molecule has 0 aliphatic heterocycles. The molecule has 1 N–H and O–H groups in total. The molecule has 0 aliphatic carbocycles. The normalized spacial score (nSPS) is 10.7. The summed E-state index contributed by atoms with van der Waals surface area (Å²) in [5, 5.41) is 3.99. The second kappa shape index (κ2) is 7.32. The van der Waals surface area contributed by atoms with Crippen LogP contribution in [0, 0.1) is 5.82 Å². The fourth-order valence-electron chi connectivity index (χ4n) is 1.71. The van der Waals surface area contributed by atoms with Crippen molar-refractivity contribution in [3.63, 3.8) is 0 Å². The van der Waals surface area contributed by atoms with Crippen LogP contribution in [0.3, 0.4) is 0 Å². The predicted molar refractivity (Wildman–Crippen MR) is 85.3 cm³/mol. The lowest BCUT2D eigenvalue weighted by Crippen LogP contribution is -2.11. The fraction of sp³-hybridized carbons (Fsp3) is 0.200. The molecule has 0 bridgehead atoms. The second-order valence-electron chi connectivity index (χ2n) is 4.34. The van der Waals surface area contributed by atoms with Crippen molar-refractivity contribution < 1.29 is 9.13 Å². The van der Waals surface area contributed by atoms with Gasteiger partial charge in [0, 0.05) is 12.6 Å². The summed E-state index contributed by atoms with van der Waals surface area (Å²) in [4.78, 5) is 0. The molecule has 0 atom stereocenters. The molecule has 0 radical (unpaired) electrons. The number of halogens is 4. The lowest BCUT2D eigenvalue weighted by Gasteiger charge is -2.11. The first-order valence-electron chi connectivity index (χ1n) is 6.32. The van der Waals surface area contributed by atoms with Crippen LogP contribution in [0.25, 0.3) is 0 Å². The standard InChI is InChI=1S/C15H13Cl3FNO/c1-2-20-8-9-3-4-14(13(19)5-9)21-15-7-11(17)10(16)6-12(15)18/h3-7,20H,2,8H2,1H3. The number of hydrogen-bond acceptors (Lipinski definition) is 2. The predicted octanol–water partition coefficient (Wildman–Crippen LogP) is 5.69. The molecule has 0 unspecified atom stereocenters. The van der Waals surface area contributed by atoms with E-state index in [0.29, 0.717) is 16.6 Å². The lowest BCUT2D eigenvalue weighted by atomic mass is 10.2. The van der Waals surface area contributed by atoms with Crippen LogP contribution in [0.1, 0.15) is 12.5 Å². The molecule has 21 heavy (non-hydrogen) atoms. The minimum Gasteiger partial charge on any atom is -0.453 e. The number of hydrogen-bond donors (Lipinski definition) is 1. The largest absolute Gasteiger partial charge is 0.453 e. The van der Waals surface area contributed by atoms with Gasteiger partial charge in [-0.1, -0.05) is 47.8 Å². The van der Waals surface area contributed by atoms with Gasteiger partial charge in [0.05, 0.1) is 15.1 Å². The van der Waals surface area contributed by atoms with Gasteiger partial charge in [0.25, 0.3) is 0 Å². The van der Waals surface area contributed by atoms with E-state index in [-0.39, 0.29) is 16.5 Å². The number of rotatable bonds is 5. The molecule has 2 aromatic rings. The van der Waals surface area contributed by atoms with Gasteiger partial charge in [-0.05, 0) is 30.3 Å². The number of ether oxygens (including phenoxy) is 1. The lowest BCUT2D eigenvalue weighted by molar-refractivity contribution is 0.441. The van der Waals surface area contributed by atoms with Crippen LogP contribution in [-0.2, 0) is 6.54 Å². The van der Waals surface area contributed by atoms with Gasteiger partial charge < -0.3 is 10.1 Å². The average molecular weight is 349 g/mol. The van der Waals surface area contributed by atoms with Gasteiger partial charge in [-0.2, -0.15) is 0 Å². The van der Waals surface area contributed by atoms with Crippen molar-refractivity contribution in [3.05, 3.63) is 56.8 Å². The van der Waals surface area contributed by atoms with Crippen molar-refractivity contribution in [3.8, 4) is 11.5 Å². The van der Waals surface area contributed by atoms with Crippen molar-refractivity contribution in [2.75, 3.05) is 6.54 Å². The Morgan fingerprint density at radius 3 is 2.38 bits per heavy atom. The third-order valence-corrected chi connectivity index (χ3v) is 3.79. The molecule has 0 fully saturated rings. The molecular weight excluding hydrogens is 336 g/mol. The third-order valence-electron chi connectivity index (χ3n) is 2.77. The van der Waals surface area contributed by atoms with Gasteiger partial charge in [-0.15, -0.1) is 0 Å². The van der Waals surface area contributed by atoms with Crippen molar-refractivity contribution >= 4 is 34.8 Å². The van der Waals surface area contributed by atoms with E-state index in [4.69, 9.17) is 39.5 Å². The van der Waals surface area contributed by atoms with E-state index in [0.717, 1.165) is 12.1 Å². The first-order chi connectivity index (χ1) is 10.0. The van der Waals surface area contributed by atoms with Crippen LogP contribution in [0.2, 0.25) is 15.1 Å². The average Bonchev–Trinajstić information content (AvgIpc) is 2.45. The topological polar surface area (TPSA) is 21.3 Å². The van der Waals surface area contributed by atoms with E-state index in [2.05, 4.69) is 5.32 Å².